The topological polar surface area (TPSA) is 86.7 Å². The number of aliphatic carboxylic acids is 1. The summed E-state index contributed by atoms with van der Waals surface area (Å²) >= 11 is 0. The Morgan fingerprint density at radius 3 is 2.07 bits per heavy atom. The highest BCUT2D eigenvalue weighted by molar-refractivity contribution is 6.06. The van der Waals surface area contributed by atoms with Gasteiger partial charge < -0.3 is 10.4 Å². The molecule has 1 aliphatic carbocycles. The number of para-hydroxylation sites is 2. The van der Waals surface area contributed by atoms with E-state index in [2.05, 4.69) is 38.2 Å². The van der Waals surface area contributed by atoms with Gasteiger partial charge in [0.1, 0.15) is 0 Å². The fourth-order valence-corrected chi connectivity index (χ4v) is 5.86. The number of fused-ring (bicyclic) bond motifs is 1. The van der Waals surface area contributed by atoms with Gasteiger partial charge in [-0.15, -0.1) is 0 Å². The Balaban J connectivity index is 1.64. The number of Topliss-reactive ketones (excluding diaryl/α,β-unsaturated/α-hetero) is 1. The van der Waals surface area contributed by atoms with Gasteiger partial charge in [0.05, 0.1) is 29.4 Å². The smallest absolute Gasteiger partial charge is 0.416 e. The van der Waals surface area contributed by atoms with Gasteiger partial charge in [-0.2, -0.15) is 13.2 Å². The molecular formula is C34H33F3N2O4. The van der Waals surface area contributed by atoms with Crippen LogP contribution in [0.2, 0.25) is 0 Å². The molecule has 1 amide bonds. The van der Waals surface area contributed by atoms with Gasteiger partial charge in [-0.25, -0.2) is 0 Å². The number of carboxylic acid groups (broad SMARTS) is 1. The summed E-state index contributed by atoms with van der Waals surface area (Å²) in [4.78, 5) is 40.5. The van der Waals surface area contributed by atoms with Crippen molar-refractivity contribution < 1.29 is 32.7 Å². The van der Waals surface area contributed by atoms with E-state index in [1.807, 2.05) is 12.1 Å². The van der Waals surface area contributed by atoms with Crippen LogP contribution in [0.1, 0.15) is 80.7 Å². The van der Waals surface area contributed by atoms with Crippen molar-refractivity contribution in [3.05, 3.63) is 106 Å². The average Bonchev–Trinajstić information content (AvgIpc) is 3.10. The summed E-state index contributed by atoms with van der Waals surface area (Å²) in [5.74, 6) is -2.09. The zero-order valence-electron chi connectivity index (χ0n) is 24.2. The number of carbonyl (C=O) groups excluding carboxylic acids is 2. The number of hydrogen-bond donors (Lipinski definition) is 2. The number of allylic oxidation sites excluding steroid dienone is 1. The van der Waals surface area contributed by atoms with E-state index < -0.39 is 36.1 Å². The minimum Gasteiger partial charge on any atom is -0.481 e. The molecular weight excluding hydrogens is 557 g/mol. The summed E-state index contributed by atoms with van der Waals surface area (Å²) in [5.41, 5.74) is 3.44. The van der Waals surface area contributed by atoms with E-state index in [4.69, 9.17) is 0 Å². The largest absolute Gasteiger partial charge is 0.481 e. The highest BCUT2D eigenvalue weighted by atomic mass is 19.4. The number of rotatable bonds is 5. The fourth-order valence-electron chi connectivity index (χ4n) is 5.86. The number of halogens is 3. The number of carbonyl (C=O) groups is 3. The van der Waals surface area contributed by atoms with Crippen LogP contribution in [0.25, 0.3) is 0 Å². The zero-order valence-corrected chi connectivity index (χ0v) is 24.2. The second-order valence-electron chi connectivity index (χ2n) is 12.1. The Labute approximate surface area is 248 Å². The first-order chi connectivity index (χ1) is 20.2. The van der Waals surface area contributed by atoms with Crippen LogP contribution in [-0.4, -0.2) is 22.8 Å². The molecule has 0 bridgehead atoms. The van der Waals surface area contributed by atoms with Gasteiger partial charge in [-0.3, -0.25) is 19.3 Å². The minimum absolute atomic E-state index is 0.0331. The van der Waals surface area contributed by atoms with Crippen LogP contribution < -0.4 is 10.2 Å². The molecule has 3 aromatic rings. The Kier molecular flexibility index (Phi) is 7.94. The van der Waals surface area contributed by atoms with Gasteiger partial charge in [0.25, 0.3) is 0 Å². The lowest BCUT2D eigenvalue weighted by Crippen LogP contribution is -2.38. The SMILES string of the molecule is CC(C)(C)c1ccc([C@H]2CC(=O)C3=C(C2)Nc2ccccc2N(C(=O)CCC(=O)O)[C@@H]3c2ccc(C(F)(F)F)cc2)cc1. The lowest BCUT2D eigenvalue weighted by atomic mass is 9.77. The number of ketones is 1. The van der Waals surface area contributed by atoms with E-state index in [-0.39, 0.29) is 30.0 Å². The molecule has 6 nitrogen and oxygen atoms in total. The Bertz CT molecular complexity index is 1590. The molecule has 0 fully saturated rings. The van der Waals surface area contributed by atoms with Crippen molar-refractivity contribution in [3.8, 4) is 0 Å². The van der Waals surface area contributed by atoms with Crippen LogP contribution in [-0.2, 0) is 26.0 Å². The van der Waals surface area contributed by atoms with E-state index in [1.54, 1.807) is 24.3 Å². The van der Waals surface area contributed by atoms with Crippen molar-refractivity contribution in [1.82, 2.24) is 0 Å². The number of anilines is 2. The van der Waals surface area contributed by atoms with Crippen molar-refractivity contribution in [3.63, 3.8) is 0 Å². The van der Waals surface area contributed by atoms with Crippen molar-refractivity contribution >= 4 is 29.0 Å². The Hall–Kier alpha value is -4.40. The minimum atomic E-state index is -4.56. The lowest BCUT2D eigenvalue weighted by molar-refractivity contribution is -0.138. The summed E-state index contributed by atoms with van der Waals surface area (Å²) in [5, 5.41) is 12.7. The molecule has 2 aliphatic rings. The summed E-state index contributed by atoms with van der Waals surface area (Å²) in [6.07, 6.45) is -4.75. The normalized spacial score (nSPS) is 18.8. The third-order valence-electron chi connectivity index (χ3n) is 8.11. The van der Waals surface area contributed by atoms with Crippen LogP contribution in [0.4, 0.5) is 24.5 Å². The second kappa shape index (κ2) is 11.4. The molecule has 0 aromatic heterocycles. The maximum atomic E-state index is 14.1. The zero-order chi connectivity index (χ0) is 31.1. The molecule has 2 N–H and O–H groups in total. The number of benzene rings is 3. The maximum Gasteiger partial charge on any atom is 0.416 e. The molecule has 1 heterocycles. The predicted octanol–water partition coefficient (Wildman–Crippen LogP) is 7.77. The molecule has 224 valence electrons. The first-order valence-electron chi connectivity index (χ1n) is 14.2. The van der Waals surface area contributed by atoms with Gasteiger partial charge in [-0.1, -0.05) is 69.3 Å². The summed E-state index contributed by atoms with van der Waals surface area (Å²) < 4.78 is 40.3. The van der Waals surface area contributed by atoms with Gasteiger partial charge in [-0.05, 0) is 58.7 Å². The average molecular weight is 591 g/mol. The third-order valence-corrected chi connectivity index (χ3v) is 8.11. The number of carboxylic acids is 1. The van der Waals surface area contributed by atoms with Crippen LogP contribution >= 0.6 is 0 Å². The van der Waals surface area contributed by atoms with Crippen molar-refractivity contribution in [2.75, 3.05) is 10.2 Å². The van der Waals surface area contributed by atoms with E-state index in [1.165, 1.54) is 17.0 Å². The second-order valence-corrected chi connectivity index (χ2v) is 12.1. The number of hydrogen-bond acceptors (Lipinski definition) is 4. The lowest BCUT2D eigenvalue weighted by Gasteiger charge is -2.35. The number of alkyl halides is 3. The summed E-state index contributed by atoms with van der Waals surface area (Å²) in [6.45, 7) is 6.38. The monoisotopic (exact) mass is 590 g/mol. The molecule has 3 aromatic carbocycles. The highest BCUT2D eigenvalue weighted by Gasteiger charge is 2.42. The first kappa shape index (κ1) is 30.1. The molecule has 2 atom stereocenters. The molecule has 43 heavy (non-hydrogen) atoms. The molecule has 9 heteroatoms. The molecule has 0 spiro atoms. The van der Waals surface area contributed by atoms with Crippen LogP contribution in [0, 0.1) is 0 Å². The van der Waals surface area contributed by atoms with Crippen molar-refractivity contribution in [2.45, 2.75) is 70.0 Å². The summed E-state index contributed by atoms with van der Waals surface area (Å²) in [7, 11) is 0. The van der Waals surface area contributed by atoms with Crippen LogP contribution in [0.5, 0.6) is 0 Å². The molecule has 0 saturated carbocycles. The first-order valence-corrected chi connectivity index (χ1v) is 14.2. The third kappa shape index (κ3) is 6.21. The molecule has 5 rings (SSSR count). The van der Waals surface area contributed by atoms with Crippen LogP contribution in [0.3, 0.4) is 0 Å². The van der Waals surface area contributed by atoms with E-state index in [0.717, 1.165) is 23.3 Å². The van der Waals surface area contributed by atoms with Crippen molar-refractivity contribution in [2.24, 2.45) is 0 Å². The highest BCUT2D eigenvalue weighted by Crippen LogP contribution is 2.48. The van der Waals surface area contributed by atoms with Gasteiger partial charge in [0.15, 0.2) is 5.78 Å². The number of nitrogens with zero attached hydrogens (tertiary/aromatic N) is 1. The maximum absolute atomic E-state index is 14.1. The standard InChI is InChI=1S/C34H33F3N2O4/c1-33(2,3)23-12-8-20(9-13-23)22-18-26-31(28(40)19-22)32(21-10-14-24(15-11-21)34(35,36)37)39(29(41)16-17-30(42)43)27-7-5-4-6-25(27)38-26/h4-15,22,32,38H,16-19H2,1-3H3,(H,42,43)/t22-,32-/m1/s1. The van der Waals surface area contributed by atoms with Crippen molar-refractivity contribution in [1.29, 1.82) is 0 Å². The number of amides is 1. The molecule has 0 saturated heterocycles. The number of nitrogens with one attached hydrogen (secondary N) is 1. The van der Waals surface area contributed by atoms with E-state index >= 15 is 0 Å². The van der Waals surface area contributed by atoms with Gasteiger partial charge in [0.2, 0.25) is 5.91 Å². The summed E-state index contributed by atoms with van der Waals surface area (Å²) in [6, 6.07) is 18.5. The quantitative estimate of drug-likeness (QED) is 0.317. The van der Waals surface area contributed by atoms with Gasteiger partial charge >= 0.3 is 12.1 Å². The van der Waals surface area contributed by atoms with E-state index in [9.17, 15) is 32.7 Å². The molecule has 0 radical (unpaired) electrons. The molecule has 1 aliphatic heterocycles. The Morgan fingerprint density at radius 2 is 1.47 bits per heavy atom. The molecule has 0 unspecified atom stereocenters. The predicted molar refractivity (Wildman–Crippen MR) is 158 cm³/mol. The fraction of sp³-hybridized carbons (Fsp3) is 0.324. The Morgan fingerprint density at radius 1 is 0.860 bits per heavy atom. The van der Waals surface area contributed by atoms with E-state index in [0.29, 0.717) is 34.6 Å². The van der Waals surface area contributed by atoms with Gasteiger partial charge in [0, 0.05) is 24.1 Å². The van der Waals surface area contributed by atoms with Crippen LogP contribution in [0.15, 0.2) is 84.1 Å².